The number of hydrogen-bond acceptors (Lipinski definition) is 3. The van der Waals surface area contributed by atoms with Crippen LogP contribution < -0.4 is 10.6 Å². The first-order chi connectivity index (χ1) is 13.5. The molecule has 1 aromatic heterocycles. The molecule has 1 saturated heterocycles. The van der Waals surface area contributed by atoms with Gasteiger partial charge in [0.05, 0.1) is 5.69 Å². The quantitative estimate of drug-likeness (QED) is 0.597. The Hall–Kier alpha value is -2.05. The van der Waals surface area contributed by atoms with Gasteiger partial charge in [0.1, 0.15) is 0 Å². The van der Waals surface area contributed by atoms with Crippen LogP contribution in [0.15, 0.2) is 4.99 Å². The first kappa shape index (κ1) is 20.7. The molecule has 2 heterocycles. The van der Waals surface area contributed by atoms with E-state index in [1.54, 1.807) is 7.05 Å². The summed E-state index contributed by atoms with van der Waals surface area (Å²) in [5.74, 6) is 1.45. The molecule has 1 atom stereocenters. The Bertz CT molecular complexity index is 704. The largest absolute Gasteiger partial charge is 0.356 e. The maximum atomic E-state index is 12.7. The molecule has 7 heteroatoms. The maximum Gasteiger partial charge on any atom is 0.225 e. The molecule has 156 valence electrons. The summed E-state index contributed by atoms with van der Waals surface area (Å²) in [5, 5.41) is 11.4. The number of rotatable bonds is 5. The third-order valence-corrected chi connectivity index (χ3v) is 6.35. The lowest BCUT2D eigenvalue weighted by Gasteiger charge is -2.26. The zero-order valence-corrected chi connectivity index (χ0v) is 17.9. The molecule has 3 rings (SSSR count). The van der Waals surface area contributed by atoms with Gasteiger partial charge in [0.15, 0.2) is 5.96 Å². The summed E-state index contributed by atoms with van der Waals surface area (Å²) in [6.07, 6.45) is 7.75. The molecule has 0 radical (unpaired) electrons. The van der Waals surface area contributed by atoms with Crippen LogP contribution in [0.4, 0.5) is 0 Å². The minimum absolute atomic E-state index is 0.260. The highest BCUT2D eigenvalue weighted by Crippen LogP contribution is 2.26. The van der Waals surface area contributed by atoms with Crippen molar-refractivity contribution < 1.29 is 4.79 Å². The van der Waals surface area contributed by atoms with Crippen LogP contribution in [-0.2, 0) is 18.3 Å². The van der Waals surface area contributed by atoms with Crippen LogP contribution in [0.2, 0.25) is 0 Å². The van der Waals surface area contributed by atoms with E-state index in [0.29, 0.717) is 5.91 Å². The van der Waals surface area contributed by atoms with Crippen LogP contribution in [0.5, 0.6) is 0 Å². The first-order valence-electron chi connectivity index (χ1n) is 10.7. The number of nitrogens with one attached hydrogen (secondary N) is 2. The van der Waals surface area contributed by atoms with Gasteiger partial charge in [-0.15, -0.1) is 0 Å². The minimum atomic E-state index is 0.260. The number of aryl methyl sites for hydroxylation is 2. The molecule has 7 nitrogen and oxygen atoms in total. The second-order valence-corrected chi connectivity index (χ2v) is 8.27. The van der Waals surface area contributed by atoms with Crippen LogP contribution in [-0.4, -0.2) is 59.3 Å². The highest BCUT2D eigenvalue weighted by Gasteiger charge is 2.31. The molecule has 0 spiro atoms. The number of carbonyl (C=O) groups excluding carboxylic acids is 1. The van der Waals surface area contributed by atoms with Gasteiger partial charge in [-0.25, -0.2) is 0 Å². The van der Waals surface area contributed by atoms with E-state index in [1.165, 1.54) is 30.5 Å². The highest BCUT2D eigenvalue weighted by atomic mass is 16.2. The van der Waals surface area contributed by atoms with Crippen molar-refractivity contribution >= 4 is 11.9 Å². The normalized spacial score (nSPS) is 21.2. The van der Waals surface area contributed by atoms with Gasteiger partial charge in [0.25, 0.3) is 0 Å². The highest BCUT2D eigenvalue weighted by molar-refractivity contribution is 5.81. The van der Waals surface area contributed by atoms with Crippen molar-refractivity contribution in [3.8, 4) is 0 Å². The van der Waals surface area contributed by atoms with Crippen molar-refractivity contribution in [3.63, 3.8) is 0 Å². The molecule has 1 amide bonds. The molecule has 1 unspecified atom stereocenters. The minimum Gasteiger partial charge on any atom is -0.356 e. The summed E-state index contributed by atoms with van der Waals surface area (Å²) in [7, 11) is 3.79. The average Bonchev–Trinajstić information content (AvgIpc) is 3.26. The van der Waals surface area contributed by atoms with Crippen molar-refractivity contribution in [2.45, 2.75) is 64.8 Å². The smallest absolute Gasteiger partial charge is 0.225 e. The number of likely N-dealkylation sites (tertiary alicyclic amines) is 1. The summed E-state index contributed by atoms with van der Waals surface area (Å²) in [5.41, 5.74) is 3.61. The Balaban J connectivity index is 1.44. The number of aromatic nitrogens is 2. The molecule has 1 saturated carbocycles. The third kappa shape index (κ3) is 4.86. The van der Waals surface area contributed by atoms with Crippen molar-refractivity contribution in [1.82, 2.24) is 25.3 Å². The number of guanidine groups is 1. The summed E-state index contributed by atoms with van der Waals surface area (Å²) >= 11 is 0. The van der Waals surface area contributed by atoms with Crippen molar-refractivity contribution in [3.05, 3.63) is 17.0 Å². The molecule has 28 heavy (non-hydrogen) atoms. The van der Waals surface area contributed by atoms with Crippen LogP contribution in [0, 0.1) is 19.8 Å². The average molecular weight is 389 g/mol. The second-order valence-electron chi connectivity index (χ2n) is 8.27. The fourth-order valence-corrected chi connectivity index (χ4v) is 4.56. The van der Waals surface area contributed by atoms with Crippen LogP contribution in [0.25, 0.3) is 0 Å². The summed E-state index contributed by atoms with van der Waals surface area (Å²) in [6, 6.07) is 0.278. The van der Waals surface area contributed by atoms with E-state index in [1.807, 2.05) is 11.7 Å². The van der Waals surface area contributed by atoms with Crippen molar-refractivity contribution in [2.24, 2.45) is 18.0 Å². The predicted molar refractivity (Wildman–Crippen MR) is 112 cm³/mol. The fraction of sp³-hybridized carbons (Fsp3) is 0.762. The van der Waals surface area contributed by atoms with Crippen LogP contribution >= 0.6 is 0 Å². The zero-order valence-electron chi connectivity index (χ0n) is 17.9. The van der Waals surface area contributed by atoms with Gasteiger partial charge in [0, 0.05) is 51.4 Å². The summed E-state index contributed by atoms with van der Waals surface area (Å²) in [4.78, 5) is 19.2. The van der Waals surface area contributed by atoms with Gasteiger partial charge in [-0.05, 0) is 45.1 Å². The van der Waals surface area contributed by atoms with E-state index in [-0.39, 0.29) is 12.0 Å². The van der Waals surface area contributed by atoms with E-state index >= 15 is 0 Å². The fourth-order valence-electron chi connectivity index (χ4n) is 4.56. The lowest BCUT2D eigenvalue weighted by atomic mass is 9.88. The monoisotopic (exact) mass is 388 g/mol. The lowest BCUT2D eigenvalue weighted by Crippen LogP contribution is -2.46. The molecule has 0 bridgehead atoms. The molecule has 2 N–H and O–H groups in total. The second kappa shape index (κ2) is 9.43. The van der Waals surface area contributed by atoms with Gasteiger partial charge in [-0.1, -0.05) is 19.3 Å². The van der Waals surface area contributed by atoms with Crippen molar-refractivity contribution in [1.29, 1.82) is 0 Å². The standard InChI is InChI=1S/C21H36N6O/c1-15-19(16(2)26(4)25-15)10-12-23-21(22-3)24-18-11-13-27(14-18)20(28)17-8-6-5-7-9-17/h17-18H,5-14H2,1-4H3,(H2,22,23,24). The molecular weight excluding hydrogens is 352 g/mol. The molecule has 1 aliphatic heterocycles. The molecule has 1 aromatic rings. The molecule has 2 aliphatic rings. The van der Waals surface area contributed by atoms with E-state index in [2.05, 4.69) is 39.5 Å². The predicted octanol–water partition coefficient (Wildman–Crippen LogP) is 1.93. The molecule has 1 aliphatic carbocycles. The lowest BCUT2D eigenvalue weighted by molar-refractivity contribution is -0.135. The number of amides is 1. The van der Waals surface area contributed by atoms with Crippen LogP contribution in [0.1, 0.15) is 55.5 Å². The maximum absolute atomic E-state index is 12.7. The van der Waals surface area contributed by atoms with Gasteiger partial charge >= 0.3 is 0 Å². The van der Waals surface area contributed by atoms with Gasteiger partial charge < -0.3 is 15.5 Å². The summed E-state index contributed by atoms with van der Waals surface area (Å²) < 4.78 is 1.94. The van der Waals surface area contributed by atoms with E-state index in [9.17, 15) is 4.79 Å². The Morgan fingerprint density at radius 1 is 1.21 bits per heavy atom. The topological polar surface area (TPSA) is 74.6 Å². The van der Waals surface area contributed by atoms with Gasteiger partial charge in [-0.3, -0.25) is 14.5 Å². The Kier molecular flexibility index (Phi) is 6.97. The number of carbonyl (C=O) groups is 1. The number of hydrogen-bond donors (Lipinski definition) is 2. The molecule has 0 aromatic carbocycles. The van der Waals surface area contributed by atoms with Gasteiger partial charge in [-0.2, -0.15) is 5.10 Å². The van der Waals surface area contributed by atoms with E-state index in [4.69, 9.17) is 0 Å². The van der Waals surface area contributed by atoms with Gasteiger partial charge in [0.2, 0.25) is 5.91 Å². The molecule has 2 fully saturated rings. The van der Waals surface area contributed by atoms with Crippen LogP contribution in [0.3, 0.4) is 0 Å². The Labute approximate surface area is 169 Å². The number of nitrogens with zero attached hydrogens (tertiary/aromatic N) is 4. The Morgan fingerprint density at radius 3 is 2.61 bits per heavy atom. The zero-order chi connectivity index (χ0) is 20.1. The summed E-state index contributed by atoms with van der Waals surface area (Å²) in [6.45, 7) is 6.63. The van der Waals surface area contributed by atoms with E-state index in [0.717, 1.165) is 57.0 Å². The van der Waals surface area contributed by atoms with E-state index < -0.39 is 0 Å². The Morgan fingerprint density at radius 2 is 1.96 bits per heavy atom. The first-order valence-corrected chi connectivity index (χ1v) is 10.7. The molecular formula is C21H36N6O. The third-order valence-electron chi connectivity index (χ3n) is 6.35. The van der Waals surface area contributed by atoms with Crippen molar-refractivity contribution in [2.75, 3.05) is 26.7 Å². The SMILES string of the molecule is CN=C(NCCc1c(C)nn(C)c1C)NC1CCN(C(=O)C2CCCCC2)C1. The number of aliphatic imine (C=N–C) groups is 1.